The molecule has 202 valence electrons. The Balaban J connectivity index is 1.94. The van der Waals surface area contributed by atoms with E-state index < -0.39 is 28.5 Å². The number of amides is 2. The summed E-state index contributed by atoms with van der Waals surface area (Å²) in [5.41, 5.74) is 1.98. The number of carbonyl (C=O) groups excluding carboxylic acids is 2. The van der Waals surface area contributed by atoms with Crippen LogP contribution in [0.5, 0.6) is 0 Å². The van der Waals surface area contributed by atoms with Crippen molar-refractivity contribution in [2.45, 2.75) is 71.0 Å². The van der Waals surface area contributed by atoms with Crippen LogP contribution in [-0.2, 0) is 26.2 Å². The fourth-order valence-corrected chi connectivity index (χ4v) is 6.03. The molecule has 10 heteroatoms. The van der Waals surface area contributed by atoms with E-state index >= 15 is 0 Å². The summed E-state index contributed by atoms with van der Waals surface area (Å²) in [6.45, 7) is 3.45. The molecule has 0 spiro atoms. The van der Waals surface area contributed by atoms with Crippen LogP contribution in [0.15, 0.2) is 42.5 Å². The van der Waals surface area contributed by atoms with Gasteiger partial charge in [-0.05, 0) is 49.9 Å². The predicted octanol–water partition coefficient (Wildman–Crippen LogP) is 5.32. The predicted molar refractivity (Wildman–Crippen MR) is 149 cm³/mol. The molecule has 0 unspecified atom stereocenters. The lowest BCUT2D eigenvalue weighted by Gasteiger charge is -2.34. The van der Waals surface area contributed by atoms with Gasteiger partial charge in [0.25, 0.3) is 0 Å². The van der Waals surface area contributed by atoms with Crippen LogP contribution >= 0.6 is 23.2 Å². The molecule has 1 N–H and O–H groups in total. The Morgan fingerprint density at radius 1 is 1.08 bits per heavy atom. The molecule has 1 saturated carbocycles. The van der Waals surface area contributed by atoms with Gasteiger partial charge < -0.3 is 10.2 Å². The maximum absolute atomic E-state index is 13.8. The van der Waals surface area contributed by atoms with E-state index in [1.54, 1.807) is 6.07 Å². The summed E-state index contributed by atoms with van der Waals surface area (Å²) in [4.78, 5) is 28.7. The summed E-state index contributed by atoms with van der Waals surface area (Å²) in [6, 6.07) is 11.5. The summed E-state index contributed by atoms with van der Waals surface area (Å²) < 4.78 is 26.5. The van der Waals surface area contributed by atoms with E-state index in [9.17, 15) is 18.0 Å². The second-order valence-electron chi connectivity index (χ2n) is 9.64. The van der Waals surface area contributed by atoms with Crippen LogP contribution in [-0.4, -0.2) is 50.0 Å². The van der Waals surface area contributed by atoms with E-state index in [1.165, 1.54) is 17.0 Å². The normalized spacial score (nSPS) is 15.2. The van der Waals surface area contributed by atoms with Crippen LogP contribution in [0.2, 0.25) is 10.0 Å². The van der Waals surface area contributed by atoms with Crippen LogP contribution in [0.1, 0.15) is 56.6 Å². The number of nitrogens with one attached hydrogen (secondary N) is 1. The van der Waals surface area contributed by atoms with Gasteiger partial charge in [0.15, 0.2) is 0 Å². The van der Waals surface area contributed by atoms with Crippen molar-refractivity contribution in [1.82, 2.24) is 10.2 Å². The minimum Gasteiger partial charge on any atom is -0.352 e. The highest BCUT2D eigenvalue weighted by Crippen LogP contribution is 2.31. The lowest BCUT2D eigenvalue weighted by atomic mass is 9.95. The first-order valence-corrected chi connectivity index (χ1v) is 15.2. The average Bonchev–Trinajstić information content (AvgIpc) is 2.84. The van der Waals surface area contributed by atoms with Gasteiger partial charge in [0.05, 0.1) is 17.0 Å². The van der Waals surface area contributed by atoms with Gasteiger partial charge in [-0.15, -0.1) is 0 Å². The Bertz CT molecular complexity index is 1220. The number of nitrogens with zero attached hydrogens (tertiary/aromatic N) is 2. The third-order valence-corrected chi connectivity index (χ3v) is 8.31. The zero-order valence-corrected chi connectivity index (χ0v) is 23.9. The quantitative estimate of drug-likeness (QED) is 0.420. The number of aryl methyl sites for hydroxylation is 1. The van der Waals surface area contributed by atoms with Crippen molar-refractivity contribution in [2.75, 3.05) is 17.1 Å². The zero-order valence-electron chi connectivity index (χ0n) is 21.5. The number of hydrogen-bond donors (Lipinski definition) is 1. The topological polar surface area (TPSA) is 86.8 Å². The number of hydrogen-bond acceptors (Lipinski definition) is 4. The second-order valence-corrected chi connectivity index (χ2v) is 12.4. The van der Waals surface area contributed by atoms with Crippen molar-refractivity contribution >= 4 is 50.7 Å². The molecule has 0 heterocycles. The van der Waals surface area contributed by atoms with Gasteiger partial charge in [-0.3, -0.25) is 13.9 Å². The molecule has 0 saturated heterocycles. The summed E-state index contributed by atoms with van der Waals surface area (Å²) in [7, 11) is -3.90. The number of benzene rings is 2. The highest BCUT2D eigenvalue weighted by molar-refractivity contribution is 7.92. The van der Waals surface area contributed by atoms with E-state index in [-0.39, 0.29) is 34.2 Å². The molecule has 1 aliphatic carbocycles. The van der Waals surface area contributed by atoms with Crippen LogP contribution in [0.3, 0.4) is 0 Å². The molecule has 0 bridgehead atoms. The Hall–Kier alpha value is -2.29. The number of carbonyl (C=O) groups is 2. The Morgan fingerprint density at radius 2 is 1.78 bits per heavy atom. The number of halogens is 2. The molecular formula is C27H35Cl2N3O4S. The molecule has 7 nitrogen and oxygen atoms in total. The van der Waals surface area contributed by atoms with Gasteiger partial charge >= 0.3 is 0 Å². The standard InChI is InChI=1S/C27H35Cl2N3O4S/c1-4-24(27(34)30-22-11-6-5-7-12-22)31(17-20-10-8-9-19(2)15-20)26(33)18-32(37(3,35)36)25-16-21(28)13-14-23(25)29/h8-10,13-16,22,24H,4-7,11-12,17-18H2,1-3H3,(H,30,34)/t24-/m1/s1. The third kappa shape index (κ3) is 8.09. The molecule has 1 aliphatic rings. The molecule has 3 rings (SSSR count). The summed E-state index contributed by atoms with van der Waals surface area (Å²) in [5, 5.41) is 3.57. The molecule has 0 radical (unpaired) electrons. The average molecular weight is 569 g/mol. The fraction of sp³-hybridized carbons (Fsp3) is 0.481. The summed E-state index contributed by atoms with van der Waals surface area (Å²) in [6.07, 6.45) is 6.53. The van der Waals surface area contributed by atoms with E-state index in [1.807, 2.05) is 38.1 Å². The molecular weight excluding hydrogens is 533 g/mol. The lowest BCUT2D eigenvalue weighted by Crippen LogP contribution is -2.54. The van der Waals surface area contributed by atoms with E-state index in [4.69, 9.17) is 23.2 Å². The minimum atomic E-state index is -3.90. The van der Waals surface area contributed by atoms with Gasteiger partial charge in [0.2, 0.25) is 21.8 Å². The molecule has 0 aliphatic heterocycles. The fourth-order valence-electron chi connectivity index (χ4n) is 4.74. The smallest absolute Gasteiger partial charge is 0.244 e. The number of rotatable bonds is 10. The first-order chi connectivity index (χ1) is 17.5. The van der Waals surface area contributed by atoms with E-state index in [0.717, 1.165) is 53.8 Å². The monoisotopic (exact) mass is 567 g/mol. The van der Waals surface area contributed by atoms with Gasteiger partial charge in [0, 0.05) is 17.6 Å². The van der Waals surface area contributed by atoms with Crippen molar-refractivity contribution in [3.63, 3.8) is 0 Å². The van der Waals surface area contributed by atoms with Crippen LogP contribution < -0.4 is 9.62 Å². The van der Waals surface area contributed by atoms with Gasteiger partial charge in [0.1, 0.15) is 12.6 Å². The van der Waals surface area contributed by atoms with Crippen molar-refractivity contribution in [1.29, 1.82) is 0 Å². The maximum Gasteiger partial charge on any atom is 0.244 e. The number of sulfonamides is 1. The highest BCUT2D eigenvalue weighted by atomic mass is 35.5. The molecule has 1 atom stereocenters. The summed E-state index contributed by atoms with van der Waals surface area (Å²) >= 11 is 12.4. The zero-order chi connectivity index (χ0) is 27.2. The highest BCUT2D eigenvalue weighted by Gasteiger charge is 2.33. The molecule has 2 amide bonds. The molecule has 2 aromatic carbocycles. The van der Waals surface area contributed by atoms with Crippen molar-refractivity contribution in [3.05, 3.63) is 63.6 Å². The molecule has 0 aromatic heterocycles. The Kier molecular flexibility index (Phi) is 10.3. The molecule has 37 heavy (non-hydrogen) atoms. The van der Waals surface area contributed by atoms with Crippen LogP contribution in [0, 0.1) is 6.92 Å². The Morgan fingerprint density at radius 3 is 2.41 bits per heavy atom. The first kappa shape index (κ1) is 29.3. The van der Waals surface area contributed by atoms with Crippen molar-refractivity contribution in [2.24, 2.45) is 0 Å². The molecule has 1 fully saturated rings. The lowest BCUT2D eigenvalue weighted by molar-refractivity contribution is -0.140. The van der Waals surface area contributed by atoms with Crippen molar-refractivity contribution < 1.29 is 18.0 Å². The maximum atomic E-state index is 13.8. The van der Waals surface area contributed by atoms with Gasteiger partial charge in [-0.1, -0.05) is 79.2 Å². The largest absolute Gasteiger partial charge is 0.352 e. The van der Waals surface area contributed by atoms with Crippen LogP contribution in [0.4, 0.5) is 5.69 Å². The SMILES string of the molecule is CC[C@H](C(=O)NC1CCCCC1)N(Cc1cccc(C)c1)C(=O)CN(c1cc(Cl)ccc1Cl)S(C)(=O)=O. The van der Waals surface area contributed by atoms with E-state index in [0.29, 0.717) is 6.42 Å². The van der Waals surface area contributed by atoms with Crippen LogP contribution in [0.25, 0.3) is 0 Å². The first-order valence-electron chi connectivity index (χ1n) is 12.6. The second kappa shape index (κ2) is 13.0. The third-order valence-electron chi connectivity index (χ3n) is 6.63. The Labute approximate surface area is 230 Å². The minimum absolute atomic E-state index is 0.0870. The van der Waals surface area contributed by atoms with Gasteiger partial charge in [-0.2, -0.15) is 0 Å². The van der Waals surface area contributed by atoms with Crippen molar-refractivity contribution in [3.8, 4) is 0 Å². The van der Waals surface area contributed by atoms with Gasteiger partial charge in [-0.25, -0.2) is 8.42 Å². The van der Waals surface area contributed by atoms with E-state index in [2.05, 4.69) is 5.32 Å². The molecule has 2 aromatic rings. The summed E-state index contributed by atoms with van der Waals surface area (Å²) in [5.74, 6) is -0.726. The number of anilines is 1.